The van der Waals surface area contributed by atoms with Crippen LogP contribution >= 0.6 is 0 Å². The van der Waals surface area contributed by atoms with Crippen LogP contribution in [0.25, 0.3) is 10.9 Å². The summed E-state index contributed by atoms with van der Waals surface area (Å²) in [6.07, 6.45) is 2.82. The van der Waals surface area contributed by atoms with Crippen LogP contribution in [0.15, 0.2) is 65.7 Å². The summed E-state index contributed by atoms with van der Waals surface area (Å²) in [5.41, 5.74) is 1.51. The Balaban J connectivity index is 1.60. The molecule has 1 aromatic heterocycles. The predicted molar refractivity (Wildman–Crippen MR) is 115 cm³/mol. The predicted octanol–water partition coefficient (Wildman–Crippen LogP) is 3.49. The van der Waals surface area contributed by atoms with Crippen molar-refractivity contribution in [2.24, 2.45) is 0 Å². The zero-order valence-electron chi connectivity index (χ0n) is 17.0. The van der Waals surface area contributed by atoms with Crippen LogP contribution < -0.4 is 5.32 Å². The number of rotatable bonds is 8. The number of sulfonamides is 1. The largest absolute Gasteiger partial charge is 0.352 e. The molecule has 0 spiro atoms. The highest BCUT2D eigenvalue weighted by molar-refractivity contribution is 7.89. The minimum atomic E-state index is -3.62. The number of carbonyl (C=O) groups excluding carboxylic acids is 1. The summed E-state index contributed by atoms with van der Waals surface area (Å²) in [4.78, 5) is 12.6. The van der Waals surface area contributed by atoms with Crippen LogP contribution in [0.3, 0.4) is 0 Å². The molecule has 6 nitrogen and oxygen atoms in total. The molecule has 1 heterocycles. The van der Waals surface area contributed by atoms with Gasteiger partial charge in [-0.15, -0.1) is 0 Å². The van der Waals surface area contributed by atoms with Gasteiger partial charge in [0.15, 0.2) is 0 Å². The number of hydrogen-bond donors (Lipinski definition) is 1. The second kappa shape index (κ2) is 8.80. The van der Waals surface area contributed by atoms with E-state index < -0.39 is 10.0 Å². The van der Waals surface area contributed by atoms with Crippen molar-refractivity contribution >= 4 is 26.8 Å². The van der Waals surface area contributed by atoms with E-state index in [1.807, 2.05) is 32.2 Å². The third-order valence-corrected chi connectivity index (χ3v) is 7.07. The van der Waals surface area contributed by atoms with E-state index in [1.165, 1.54) is 34.4 Å². The zero-order chi connectivity index (χ0) is 21.0. The Kier molecular flexibility index (Phi) is 6.39. The van der Waals surface area contributed by atoms with Gasteiger partial charge in [0.2, 0.25) is 10.0 Å². The third kappa shape index (κ3) is 4.68. The first kappa shape index (κ1) is 21.1. The van der Waals surface area contributed by atoms with E-state index in [1.54, 1.807) is 12.1 Å². The number of carbonyl (C=O) groups is 1. The molecule has 0 aliphatic carbocycles. The number of amides is 1. The fourth-order valence-corrected chi connectivity index (χ4v) is 4.54. The number of aryl methyl sites for hydroxylation is 1. The molecule has 0 saturated carbocycles. The van der Waals surface area contributed by atoms with Gasteiger partial charge < -0.3 is 9.88 Å². The molecule has 3 rings (SSSR count). The van der Waals surface area contributed by atoms with Crippen LogP contribution in [-0.4, -0.2) is 42.8 Å². The Hall–Kier alpha value is -2.64. The summed E-state index contributed by atoms with van der Waals surface area (Å²) in [7, 11) is -2.08. The van der Waals surface area contributed by atoms with Crippen molar-refractivity contribution in [1.82, 2.24) is 14.2 Å². The van der Waals surface area contributed by atoms with Gasteiger partial charge in [-0.1, -0.05) is 24.3 Å². The molecule has 0 bridgehead atoms. The summed E-state index contributed by atoms with van der Waals surface area (Å²) in [5.74, 6) is -0.272. The number of aromatic nitrogens is 1. The van der Waals surface area contributed by atoms with Crippen LogP contribution in [0.4, 0.5) is 0 Å². The lowest BCUT2D eigenvalue weighted by molar-refractivity contribution is 0.0952. The van der Waals surface area contributed by atoms with Gasteiger partial charge in [-0.3, -0.25) is 4.79 Å². The van der Waals surface area contributed by atoms with E-state index in [0.717, 1.165) is 13.0 Å². The first-order valence-corrected chi connectivity index (χ1v) is 11.1. The fourth-order valence-electron chi connectivity index (χ4n) is 3.13. The van der Waals surface area contributed by atoms with Crippen LogP contribution in [0, 0.1) is 0 Å². The van der Waals surface area contributed by atoms with Crippen LogP contribution in [0.1, 0.15) is 30.6 Å². The molecule has 0 fully saturated rings. The molecule has 0 radical (unpaired) electrons. The number of nitrogens with zero attached hydrogens (tertiary/aromatic N) is 2. The number of benzene rings is 2. The second-order valence-corrected chi connectivity index (χ2v) is 9.32. The lowest BCUT2D eigenvalue weighted by Gasteiger charge is -2.21. The summed E-state index contributed by atoms with van der Waals surface area (Å²) >= 11 is 0. The quantitative estimate of drug-likeness (QED) is 0.575. The Bertz CT molecular complexity index is 1100. The van der Waals surface area contributed by atoms with Crippen molar-refractivity contribution in [3.05, 3.63) is 66.4 Å². The van der Waals surface area contributed by atoms with Gasteiger partial charge in [0.1, 0.15) is 0 Å². The van der Waals surface area contributed by atoms with E-state index in [4.69, 9.17) is 0 Å². The van der Waals surface area contributed by atoms with Crippen molar-refractivity contribution in [3.63, 3.8) is 0 Å². The summed E-state index contributed by atoms with van der Waals surface area (Å²) in [6.45, 7) is 4.92. The van der Waals surface area contributed by atoms with Gasteiger partial charge in [-0.25, -0.2) is 8.42 Å². The molecular weight excluding hydrogens is 386 g/mol. The minimum absolute atomic E-state index is 0.125. The number of para-hydroxylation sites is 1. The molecule has 0 aliphatic heterocycles. The second-order valence-electron chi connectivity index (χ2n) is 7.32. The highest BCUT2D eigenvalue weighted by Crippen LogP contribution is 2.18. The van der Waals surface area contributed by atoms with Crippen molar-refractivity contribution in [2.45, 2.75) is 37.8 Å². The van der Waals surface area contributed by atoms with Crippen LogP contribution in [0.5, 0.6) is 0 Å². The van der Waals surface area contributed by atoms with Gasteiger partial charge in [-0.05, 0) is 56.0 Å². The van der Waals surface area contributed by atoms with Gasteiger partial charge in [0.25, 0.3) is 5.91 Å². The van der Waals surface area contributed by atoms with Gasteiger partial charge in [0, 0.05) is 43.5 Å². The van der Waals surface area contributed by atoms with Crippen LogP contribution in [-0.2, 0) is 16.6 Å². The summed E-state index contributed by atoms with van der Waals surface area (Å²) in [6, 6.07) is 16.3. The van der Waals surface area contributed by atoms with E-state index >= 15 is 0 Å². The molecule has 2 aromatic carbocycles. The molecule has 1 amide bonds. The van der Waals surface area contributed by atoms with E-state index in [0.29, 0.717) is 12.1 Å². The average molecular weight is 414 g/mol. The Labute approximate surface area is 172 Å². The topological polar surface area (TPSA) is 71.4 Å². The molecule has 0 atom stereocenters. The molecule has 3 aromatic rings. The van der Waals surface area contributed by atoms with Crippen molar-refractivity contribution < 1.29 is 13.2 Å². The van der Waals surface area contributed by atoms with E-state index in [9.17, 15) is 13.2 Å². The third-order valence-electron chi connectivity index (χ3n) is 5.04. The standard InChI is InChI=1S/C22H27N3O3S/c1-17(2)24(3)29(27,28)20-10-6-9-19(16-20)22(26)23-13-7-14-25-15-12-18-8-4-5-11-21(18)25/h4-6,8-12,15-17H,7,13-14H2,1-3H3,(H,23,26). The lowest BCUT2D eigenvalue weighted by atomic mass is 10.2. The highest BCUT2D eigenvalue weighted by atomic mass is 32.2. The number of hydrogen-bond acceptors (Lipinski definition) is 3. The monoisotopic (exact) mass is 413 g/mol. The Morgan fingerprint density at radius 3 is 2.62 bits per heavy atom. The van der Waals surface area contributed by atoms with Gasteiger partial charge in [0.05, 0.1) is 4.90 Å². The SMILES string of the molecule is CC(C)N(C)S(=O)(=O)c1cccc(C(=O)NCCCn2ccc3ccccc32)c1. The van der Waals surface area contributed by atoms with E-state index in [2.05, 4.69) is 28.1 Å². The summed E-state index contributed by atoms with van der Waals surface area (Å²) in [5, 5.41) is 4.07. The lowest BCUT2D eigenvalue weighted by Crippen LogP contribution is -2.33. The maximum atomic E-state index is 12.6. The molecule has 0 aliphatic rings. The normalized spacial score (nSPS) is 12.0. The molecule has 1 N–H and O–H groups in total. The zero-order valence-corrected chi connectivity index (χ0v) is 17.8. The summed E-state index contributed by atoms with van der Waals surface area (Å²) < 4.78 is 28.7. The first-order valence-electron chi connectivity index (χ1n) is 9.71. The average Bonchev–Trinajstić information content (AvgIpc) is 3.13. The molecule has 0 unspecified atom stereocenters. The van der Waals surface area contributed by atoms with E-state index in [-0.39, 0.29) is 16.8 Å². The van der Waals surface area contributed by atoms with Crippen molar-refractivity contribution in [2.75, 3.05) is 13.6 Å². The molecule has 7 heteroatoms. The Morgan fingerprint density at radius 2 is 1.86 bits per heavy atom. The van der Waals surface area contributed by atoms with Crippen molar-refractivity contribution in [3.8, 4) is 0 Å². The van der Waals surface area contributed by atoms with Crippen molar-refractivity contribution in [1.29, 1.82) is 0 Å². The highest BCUT2D eigenvalue weighted by Gasteiger charge is 2.23. The number of nitrogens with one attached hydrogen (secondary N) is 1. The van der Waals surface area contributed by atoms with Gasteiger partial charge in [-0.2, -0.15) is 4.31 Å². The minimum Gasteiger partial charge on any atom is -0.352 e. The molecule has 29 heavy (non-hydrogen) atoms. The fraction of sp³-hybridized carbons (Fsp3) is 0.318. The van der Waals surface area contributed by atoms with Crippen LogP contribution in [0.2, 0.25) is 0 Å². The molecule has 154 valence electrons. The Morgan fingerprint density at radius 1 is 1.10 bits per heavy atom. The molecular formula is C22H27N3O3S. The first-order chi connectivity index (χ1) is 13.8. The number of fused-ring (bicyclic) bond motifs is 1. The van der Waals surface area contributed by atoms with Gasteiger partial charge >= 0.3 is 0 Å². The maximum Gasteiger partial charge on any atom is 0.251 e. The molecule has 0 saturated heterocycles. The maximum absolute atomic E-state index is 12.6. The smallest absolute Gasteiger partial charge is 0.251 e.